The number of carbonyl (C=O) groups excluding carboxylic acids is 1. The summed E-state index contributed by atoms with van der Waals surface area (Å²) < 4.78 is 25.1. The molecule has 5 nitrogen and oxygen atoms in total. The Labute approximate surface area is 155 Å². The minimum atomic E-state index is -3.36. The number of anilines is 1. The SMILES string of the molecule is CCS(=O)(=O)CN1C(=O)CN=C(c2ccccc2)c2cc(Br)ccc21. The van der Waals surface area contributed by atoms with Gasteiger partial charge in [-0.1, -0.05) is 53.2 Å². The van der Waals surface area contributed by atoms with Crippen molar-refractivity contribution in [2.75, 3.05) is 23.1 Å². The summed E-state index contributed by atoms with van der Waals surface area (Å²) in [5.41, 5.74) is 2.86. The third kappa shape index (κ3) is 3.82. The number of aliphatic imine (C=N–C) groups is 1. The number of hydrogen-bond donors (Lipinski definition) is 0. The average Bonchev–Trinajstić information content (AvgIpc) is 2.73. The zero-order chi connectivity index (χ0) is 18.0. The molecule has 2 aromatic rings. The lowest BCUT2D eigenvalue weighted by Gasteiger charge is -2.23. The van der Waals surface area contributed by atoms with Crippen molar-refractivity contribution in [3.63, 3.8) is 0 Å². The van der Waals surface area contributed by atoms with Gasteiger partial charge < -0.3 is 0 Å². The molecule has 130 valence electrons. The highest BCUT2D eigenvalue weighted by Crippen LogP contribution is 2.30. The monoisotopic (exact) mass is 420 g/mol. The van der Waals surface area contributed by atoms with E-state index < -0.39 is 9.84 Å². The number of sulfone groups is 1. The van der Waals surface area contributed by atoms with Gasteiger partial charge in [0.05, 0.1) is 11.4 Å². The van der Waals surface area contributed by atoms with Gasteiger partial charge in [0.15, 0.2) is 9.84 Å². The number of carbonyl (C=O) groups is 1. The van der Waals surface area contributed by atoms with Crippen molar-refractivity contribution in [3.05, 3.63) is 64.1 Å². The first-order valence-electron chi connectivity index (χ1n) is 7.82. The van der Waals surface area contributed by atoms with Crippen LogP contribution in [0.2, 0.25) is 0 Å². The van der Waals surface area contributed by atoms with Gasteiger partial charge in [-0.05, 0) is 18.2 Å². The van der Waals surface area contributed by atoms with E-state index >= 15 is 0 Å². The molecule has 1 heterocycles. The molecule has 0 aromatic heterocycles. The lowest BCUT2D eigenvalue weighted by Crippen LogP contribution is -2.37. The van der Waals surface area contributed by atoms with E-state index in [-0.39, 0.29) is 24.1 Å². The zero-order valence-electron chi connectivity index (χ0n) is 13.6. The Morgan fingerprint density at radius 3 is 2.56 bits per heavy atom. The van der Waals surface area contributed by atoms with Crippen molar-refractivity contribution in [1.82, 2.24) is 0 Å². The summed E-state index contributed by atoms with van der Waals surface area (Å²) in [5, 5.41) is 0. The third-order valence-corrected chi connectivity index (χ3v) is 6.02. The maximum atomic E-state index is 12.6. The predicted octanol–water partition coefficient (Wildman–Crippen LogP) is 3.03. The minimum absolute atomic E-state index is 0.0188. The lowest BCUT2D eigenvalue weighted by atomic mass is 10.0. The fourth-order valence-corrected chi connectivity index (χ4v) is 3.88. The molecule has 0 aliphatic carbocycles. The van der Waals surface area contributed by atoms with E-state index in [4.69, 9.17) is 0 Å². The Balaban J connectivity index is 2.17. The van der Waals surface area contributed by atoms with E-state index in [2.05, 4.69) is 20.9 Å². The summed E-state index contributed by atoms with van der Waals surface area (Å²) in [4.78, 5) is 18.4. The zero-order valence-corrected chi connectivity index (χ0v) is 16.0. The summed E-state index contributed by atoms with van der Waals surface area (Å²) in [6.07, 6.45) is 0. The number of benzene rings is 2. The molecule has 0 fully saturated rings. The fraction of sp³-hybridized carbons (Fsp3) is 0.222. The number of nitrogens with zero attached hydrogens (tertiary/aromatic N) is 2. The molecule has 0 bridgehead atoms. The van der Waals surface area contributed by atoms with Crippen LogP contribution < -0.4 is 4.90 Å². The maximum absolute atomic E-state index is 12.6. The Kier molecular flexibility index (Phi) is 5.06. The molecule has 1 aliphatic rings. The second-order valence-corrected chi connectivity index (χ2v) is 8.91. The predicted molar refractivity (Wildman–Crippen MR) is 103 cm³/mol. The van der Waals surface area contributed by atoms with Crippen molar-refractivity contribution in [1.29, 1.82) is 0 Å². The summed E-state index contributed by atoms with van der Waals surface area (Å²) in [7, 11) is -3.36. The van der Waals surface area contributed by atoms with E-state index in [1.807, 2.05) is 36.4 Å². The second-order valence-electron chi connectivity index (χ2n) is 5.68. The number of amides is 1. The van der Waals surface area contributed by atoms with Crippen LogP contribution in [0.4, 0.5) is 5.69 Å². The van der Waals surface area contributed by atoms with E-state index in [9.17, 15) is 13.2 Å². The van der Waals surface area contributed by atoms with Gasteiger partial charge in [0, 0.05) is 21.4 Å². The molecule has 3 rings (SSSR count). The van der Waals surface area contributed by atoms with E-state index in [1.165, 1.54) is 4.90 Å². The molecule has 7 heteroatoms. The summed E-state index contributed by atoms with van der Waals surface area (Å²) in [6.45, 7) is 1.49. The van der Waals surface area contributed by atoms with Gasteiger partial charge in [0.1, 0.15) is 12.4 Å². The summed E-state index contributed by atoms with van der Waals surface area (Å²) in [6, 6.07) is 15.0. The number of halogens is 1. The molecule has 25 heavy (non-hydrogen) atoms. The molecule has 1 amide bonds. The van der Waals surface area contributed by atoms with Crippen LogP contribution in [-0.2, 0) is 14.6 Å². The highest BCUT2D eigenvalue weighted by Gasteiger charge is 2.28. The highest BCUT2D eigenvalue weighted by atomic mass is 79.9. The quantitative estimate of drug-likeness (QED) is 0.763. The van der Waals surface area contributed by atoms with Crippen molar-refractivity contribution in [3.8, 4) is 0 Å². The Morgan fingerprint density at radius 1 is 1.16 bits per heavy atom. The van der Waals surface area contributed by atoms with Gasteiger partial charge in [-0.3, -0.25) is 14.7 Å². The third-order valence-electron chi connectivity index (χ3n) is 3.99. The van der Waals surface area contributed by atoms with Crippen LogP contribution in [0.1, 0.15) is 18.1 Å². The van der Waals surface area contributed by atoms with Gasteiger partial charge >= 0.3 is 0 Å². The molecule has 2 aromatic carbocycles. The first-order chi connectivity index (χ1) is 11.9. The van der Waals surface area contributed by atoms with Crippen LogP contribution in [0.25, 0.3) is 0 Å². The largest absolute Gasteiger partial charge is 0.295 e. The van der Waals surface area contributed by atoms with Crippen molar-refractivity contribution < 1.29 is 13.2 Å². The van der Waals surface area contributed by atoms with Gasteiger partial charge in [-0.2, -0.15) is 0 Å². The second kappa shape index (κ2) is 7.09. The van der Waals surface area contributed by atoms with Crippen molar-refractivity contribution in [2.24, 2.45) is 4.99 Å². The highest BCUT2D eigenvalue weighted by molar-refractivity contribution is 9.10. The maximum Gasteiger partial charge on any atom is 0.249 e. The minimum Gasteiger partial charge on any atom is -0.295 e. The van der Waals surface area contributed by atoms with Gasteiger partial charge in [0.2, 0.25) is 5.91 Å². The lowest BCUT2D eigenvalue weighted by molar-refractivity contribution is -0.117. The molecule has 0 radical (unpaired) electrons. The number of benzodiazepines with no additional fused rings is 1. The molecule has 0 atom stereocenters. The fourth-order valence-electron chi connectivity index (χ4n) is 2.66. The molecule has 1 aliphatic heterocycles. The number of rotatable bonds is 4. The molecule has 0 unspecified atom stereocenters. The smallest absolute Gasteiger partial charge is 0.249 e. The van der Waals surface area contributed by atoms with Crippen LogP contribution in [0.15, 0.2) is 58.0 Å². The van der Waals surface area contributed by atoms with Crippen LogP contribution >= 0.6 is 15.9 Å². The van der Waals surface area contributed by atoms with Gasteiger partial charge in [-0.25, -0.2) is 8.42 Å². The van der Waals surface area contributed by atoms with Crippen LogP contribution in [-0.4, -0.2) is 38.2 Å². The van der Waals surface area contributed by atoms with E-state index in [1.54, 1.807) is 19.1 Å². The van der Waals surface area contributed by atoms with Gasteiger partial charge in [0.25, 0.3) is 0 Å². The first-order valence-corrected chi connectivity index (χ1v) is 10.4. The summed E-state index contributed by atoms with van der Waals surface area (Å²) >= 11 is 3.45. The molecule has 0 saturated carbocycles. The molecule has 0 spiro atoms. The normalized spacial score (nSPS) is 14.7. The molecular formula is C18H17BrN2O3S. The van der Waals surface area contributed by atoms with Crippen molar-refractivity contribution >= 4 is 43.1 Å². The van der Waals surface area contributed by atoms with Gasteiger partial charge in [-0.15, -0.1) is 0 Å². The topological polar surface area (TPSA) is 66.8 Å². The first kappa shape index (κ1) is 17.8. The number of fused-ring (bicyclic) bond motifs is 1. The van der Waals surface area contributed by atoms with Crippen LogP contribution in [0, 0.1) is 0 Å². The van der Waals surface area contributed by atoms with Crippen LogP contribution in [0.3, 0.4) is 0 Å². The summed E-state index contributed by atoms with van der Waals surface area (Å²) in [5.74, 6) is -0.685. The van der Waals surface area contributed by atoms with Crippen LogP contribution in [0.5, 0.6) is 0 Å². The number of hydrogen-bond acceptors (Lipinski definition) is 4. The Hall–Kier alpha value is -1.99. The molecule has 0 N–H and O–H groups in total. The van der Waals surface area contributed by atoms with E-state index in [0.29, 0.717) is 11.4 Å². The van der Waals surface area contributed by atoms with Crippen molar-refractivity contribution in [2.45, 2.75) is 6.92 Å². The average molecular weight is 421 g/mol. The standard InChI is InChI=1S/C18H17BrN2O3S/c1-2-25(23,24)12-21-16-9-8-14(19)10-15(16)18(20-11-17(21)22)13-6-4-3-5-7-13/h3-10H,2,11-12H2,1H3. The Morgan fingerprint density at radius 2 is 1.88 bits per heavy atom. The molecule has 0 saturated heterocycles. The van der Waals surface area contributed by atoms with E-state index in [0.717, 1.165) is 15.6 Å². The Bertz CT molecular complexity index is 940. The molecular weight excluding hydrogens is 404 g/mol.